The largest absolute Gasteiger partial charge is 0.480 e. The molecule has 11 heteroatoms. The quantitative estimate of drug-likeness (QED) is 0.463. The molecule has 35 heavy (non-hydrogen) atoms. The summed E-state index contributed by atoms with van der Waals surface area (Å²) in [4.78, 5) is 65.0. The van der Waals surface area contributed by atoms with E-state index in [1.165, 1.54) is 9.80 Å². The smallest absolute Gasteiger partial charge is 0.329 e. The molecule has 2 N–H and O–H groups in total. The van der Waals surface area contributed by atoms with E-state index in [4.69, 9.17) is 9.84 Å². The summed E-state index contributed by atoms with van der Waals surface area (Å²) in [5.74, 6) is -3.15. The van der Waals surface area contributed by atoms with Gasteiger partial charge in [-0.25, -0.2) is 4.79 Å². The second kappa shape index (κ2) is 10.0. The van der Waals surface area contributed by atoms with Crippen molar-refractivity contribution in [2.24, 2.45) is 0 Å². The number of imide groups is 1. The first kappa shape index (κ1) is 24.0. The van der Waals surface area contributed by atoms with E-state index in [0.717, 1.165) is 4.90 Å². The van der Waals surface area contributed by atoms with Crippen molar-refractivity contribution < 1.29 is 38.9 Å². The van der Waals surface area contributed by atoms with E-state index in [2.05, 4.69) is 0 Å². The molecule has 2 aliphatic heterocycles. The molecule has 4 amide bonds. The summed E-state index contributed by atoms with van der Waals surface area (Å²) in [5, 5.41) is 19.3. The molecule has 0 spiro atoms. The summed E-state index contributed by atoms with van der Waals surface area (Å²) in [6.07, 6.45) is -1.17. The summed E-state index contributed by atoms with van der Waals surface area (Å²) in [5.41, 5.74) is 1.40. The molecule has 1 atom stereocenters. The van der Waals surface area contributed by atoms with Gasteiger partial charge in [-0.15, -0.1) is 0 Å². The Kier molecular flexibility index (Phi) is 6.90. The van der Waals surface area contributed by atoms with Crippen molar-refractivity contribution in [2.75, 3.05) is 39.4 Å². The van der Waals surface area contributed by atoms with Crippen molar-refractivity contribution in [2.45, 2.75) is 6.23 Å². The second-order valence-electron chi connectivity index (χ2n) is 8.03. The molecule has 2 aromatic carbocycles. The number of hydrogen-bond acceptors (Lipinski definition) is 7. The fourth-order valence-corrected chi connectivity index (χ4v) is 4.14. The van der Waals surface area contributed by atoms with E-state index < -0.39 is 43.1 Å². The zero-order valence-corrected chi connectivity index (χ0v) is 18.6. The Morgan fingerprint density at radius 1 is 0.829 bits per heavy atom. The molecule has 0 radical (unpaired) electrons. The van der Waals surface area contributed by atoms with Gasteiger partial charge in [0.2, 0.25) is 5.91 Å². The average molecular weight is 481 g/mol. The molecular formula is C24H23N3O8. The van der Waals surface area contributed by atoms with Crippen molar-refractivity contribution in [3.05, 3.63) is 70.8 Å². The SMILES string of the molecule is O=C(O)COCC(=O)N(CCN1C(=O)c2ccccc2C1=O)CCN1C(=O)c2ccccc2C1O. The van der Waals surface area contributed by atoms with Crippen LogP contribution in [0.2, 0.25) is 0 Å². The van der Waals surface area contributed by atoms with Gasteiger partial charge in [0.25, 0.3) is 17.7 Å². The number of amides is 4. The zero-order valence-electron chi connectivity index (χ0n) is 18.6. The molecule has 0 aromatic heterocycles. The highest BCUT2D eigenvalue weighted by atomic mass is 16.5. The first-order valence-electron chi connectivity index (χ1n) is 10.9. The summed E-state index contributed by atoms with van der Waals surface area (Å²) in [7, 11) is 0. The fourth-order valence-electron chi connectivity index (χ4n) is 4.14. The van der Waals surface area contributed by atoms with E-state index in [-0.39, 0.29) is 43.2 Å². The van der Waals surface area contributed by atoms with Gasteiger partial charge < -0.3 is 24.7 Å². The highest BCUT2D eigenvalue weighted by Gasteiger charge is 2.37. The van der Waals surface area contributed by atoms with Crippen LogP contribution >= 0.6 is 0 Å². The molecule has 0 saturated heterocycles. The average Bonchev–Trinajstić information content (AvgIpc) is 3.24. The van der Waals surface area contributed by atoms with Crippen molar-refractivity contribution in [1.82, 2.24) is 14.7 Å². The van der Waals surface area contributed by atoms with Gasteiger partial charge in [0.05, 0.1) is 11.1 Å². The van der Waals surface area contributed by atoms with Crippen LogP contribution < -0.4 is 0 Å². The van der Waals surface area contributed by atoms with Gasteiger partial charge in [0.15, 0.2) is 6.23 Å². The molecule has 0 bridgehead atoms. The van der Waals surface area contributed by atoms with Crippen LogP contribution in [0, 0.1) is 0 Å². The van der Waals surface area contributed by atoms with Crippen LogP contribution in [0.1, 0.15) is 42.9 Å². The molecule has 2 aromatic rings. The van der Waals surface area contributed by atoms with Crippen molar-refractivity contribution in [1.29, 1.82) is 0 Å². The van der Waals surface area contributed by atoms with Gasteiger partial charge in [-0.2, -0.15) is 0 Å². The predicted molar refractivity (Wildman–Crippen MR) is 119 cm³/mol. The Morgan fingerprint density at radius 2 is 1.40 bits per heavy atom. The highest BCUT2D eigenvalue weighted by Crippen LogP contribution is 2.31. The standard InChI is InChI=1S/C24H23N3O8/c28-19(13-35-14-20(29)30)25(9-11-26-21(31)15-5-1-2-6-16(15)22(26)32)10-12-27-23(33)17-7-3-4-8-18(17)24(27)34/h1-8,21,31H,9-14H2,(H,29,30). The number of hydrogen-bond donors (Lipinski definition) is 2. The number of carbonyl (C=O) groups is 5. The van der Waals surface area contributed by atoms with Crippen LogP contribution in [0.4, 0.5) is 0 Å². The van der Waals surface area contributed by atoms with Crippen LogP contribution in [-0.4, -0.2) is 93.9 Å². The van der Waals surface area contributed by atoms with Crippen molar-refractivity contribution >= 4 is 29.6 Å². The number of aliphatic carboxylic acids is 1. The molecule has 182 valence electrons. The monoisotopic (exact) mass is 481 g/mol. The van der Waals surface area contributed by atoms with Gasteiger partial charge >= 0.3 is 5.97 Å². The van der Waals surface area contributed by atoms with Gasteiger partial charge in [-0.1, -0.05) is 30.3 Å². The van der Waals surface area contributed by atoms with Gasteiger partial charge in [0, 0.05) is 37.3 Å². The minimum atomic E-state index is -1.24. The molecule has 0 fully saturated rings. The second-order valence-corrected chi connectivity index (χ2v) is 8.03. The fraction of sp³-hybridized carbons (Fsp3) is 0.292. The van der Waals surface area contributed by atoms with E-state index in [1.807, 2.05) is 0 Å². The highest BCUT2D eigenvalue weighted by molar-refractivity contribution is 6.21. The summed E-state index contributed by atoms with van der Waals surface area (Å²) >= 11 is 0. The van der Waals surface area contributed by atoms with Crippen LogP contribution in [0.3, 0.4) is 0 Å². The van der Waals surface area contributed by atoms with Gasteiger partial charge in [-0.3, -0.25) is 24.1 Å². The lowest BCUT2D eigenvalue weighted by Gasteiger charge is -2.28. The minimum absolute atomic E-state index is 0.0263. The number of benzene rings is 2. The molecule has 2 aliphatic rings. The maximum absolute atomic E-state index is 12.8. The number of carboxylic acids is 1. The molecule has 0 aliphatic carbocycles. The first-order valence-corrected chi connectivity index (χ1v) is 10.9. The number of rotatable bonds is 10. The molecule has 0 saturated carbocycles. The Labute approximate surface area is 200 Å². The van der Waals surface area contributed by atoms with Crippen LogP contribution in [0.5, 0.6) is 0 Å². The van der Waals surface area contributed by atoms with Crippen molar-refractivity contribution in [3.63, 3.8) is 0 Å². The number of aliphatic hydroxyl groups is 1. The summed E-state index contributed by atoms with van der Waals surface area (Å²) in [6.45, 7) is -1.43. The summed E-state index contributed by atoms with van der Waals surface area (Å²) in [6, 6.07) is 13.0. The molecule has 11 nitrogen and oxygen atoms in total. The third-order valence-electron chi connectivity index (χ3n) is 5.91. The number of aliphatic hydroxyl groups excluding tert-OH is 1. The lowest BCUT2D eigenvalue weighted by molar-refractivity contribution is -0.146. The maximum atomic E-state index is 12.8. The van der Waals surface area contributed by atoms with Crippen LogP contribution in [-0.2, 0) is 14.3 Å². The Balaban J connectivity index is 1.43. The third kappa shape index (κ3) is 4.77. The number of carbonyl (C=O) groups excluding carboxylic acids is 4. The Hall–Kier alpha value is -4.09. The van der Waals surface area contributed by atoms with E-state index in [1.54, 1.807) is 48.5 Å². The minimum Gasteiger partial charge on any atom is -0.480 e. The van der Waals surface area contributed by atoms with E-state index in [9.17, 15) is 29.1 Å². The predicted octanol–water partition coefficient (Wildman–Crippen LogP) is 0.359. The zero-order chi connectivity index (χ0) is 25.1. The lowest BCUT2D eigenvalue weighted by Crippen LogP contribution is -2.45. The third-order valence-corrected chi connectivity index (χ3v) is 5.91. The molecule has 4 rings (SSSR count). The molecular weight excluding hydrogens is 458 g/mol. The number of ether oxygens (including phenoxy) is 1. The van der Waals surface area contributed by atoms with E-state index >= 15 is 0 Å². The lowest BCUT2D eigenvalue weighted by atomic mass is 10.1. The van der Waals surface area contributed by atoms with Crippen LogP contribution in [0.15, 0.2) is 48.5 Å². The summed E-state index contributed by atoms with van der Waals surface area (Å²) < 4.78 is 4.90. The van der Waals surface area contributed by atoms with Gasteiger partial charge in [-0.05, 0) is 18.2 Å². The molecule has 2 heterocycles. The van der Waals surface area contributed by atoms with Crippen LogP contribution in [0.25, 0.3) is 0 Å². The normalized spacial score (nSPS) is 16.5. The Bertz CT molecular complexity index is 1160. The van der Waals surface area contributed by atoms with E-state index in [0.29, 0.717) is 11.1 Å². The number of carboxylic acid groups (broad SMARTS) is 1. The Morgan fingerprint density at radius 3 is 2.00 bits per heavy atom. The maximum Gasteiger partial charge on any atom is 0.329 e. The topological polar surface area (TPSA) is 145 Å². The first-order chi connectivity index (χ1) is 16.8. The number of nitrogens with zero attached hydrogens (tertiary/aromatic N) is 3. The number of fused-ring (bicyclic) bond motifs is 2. The molecule has 1 unspecified atom stereocenters. The van der Waals surface area contributed by atoms with Crippen molar-refractivity contribution in [3.8, 4) is 0 Å². The van der Waals surface area contributed by atoms with Gasteiger partial charge in [0.1, 0.15) is 13.2 Å².